The van der Waals surface area contributed by atoms with E-state index in [9.17, 15) is 4.79 Å². The number of hydrogen-bond acceptors (Lipinski definition) is 6. The summed E-state index contributed by atoms with van der Waals surface area (Å²) >= 11 is 0. The normalized spacial score (nSPS) is 12.6. The molecule has 0 aliphatic rings. The molecule has 27 heavy (non-hydrogen) atoms. The molecular weight excluding hydrogens is 348 g/mol. The summed E-state index contributed by atoms with van der Waals surface area (Å²) in [7, 11) is 1.70. The molecule has 1 amide bonds. The van der Waals surface area contributed by atoms with E-state index < -0.39 is 17.2 Å². The van der Waals surface area contributed by atoms with Gasteiger partial charge in [-0.2, -0.15) is 4.98 Å². The van der Waals surface area contributed by atoms with Crippen LogP contribution in [0.2, 0.25) is 0 Å². The van der Waals surface area contributed by atoms with Crippen molar-refractivity contribution in [3.05, 3.63) is 11.7 Å². The third-order valence-corrected chi connectivity index (χ3v) is 4.14. The quantitative estimate of drug-likeness (QED) is 0.466. The summed E-state index contributed by atoms with van der Waals surface area (Å²) in [6.45, 7) is 12.5. The van der Waals surface area contributed by atoms with Gasteiger partial charge >= 0.3 is 6.09 Å². The van der Waals surface area contributed by atoms with Crippen LogP contribution in [0.5, 0.6) is 0 Å². The van der Waals surface area contributed by atoms with Crippen molar-refractivity contribution in [2.45, 2.75) is 71.9 Å². The lowest BCUT2D eigenvalue weighted by atomic mass is 9.93. The number of alkyl carbamates (subject to hydrolysis) is 1. The van der Waals surface area contributed by atoms with Crippen LogP contribution in [-0.2, 0) is 11.2 Å². The third-order valence-electron chi connectivity index (χ3n) is 4.14. The minimum Gasteiger partial charge on any atom is -0.444 e. The molecule has 1 aromatic rings. The lowest BCUT2D eigenvalue weighted by molar-refractivity contribution is 0.0448. The smallest absolute Gasteiger partial charge is 0.408 e. The molecule has 0 unspecified atom stereocenters. The van der Waals surface area contributed by atoms with Crippen LogP contribution < -0.4 is 16.0 Å². The Morgan fingerprint density at radius 3 is 2.37 bits per heavy atom. The average Bonchev–Trinajstić information content (AvgIpc) is 3.00. The highest BCUT2D eigenvalue weighted by molar-refractivity contribution is 5.79. The van der Waals surface area contributed by atoms with E-state index in [1.165, 1.54) is 0 Å². The lowest BCUT2D eigenvalue weighted by Gasteiger charge is -2.34. The number of guanidine groups is 1. The van der Waals surface area contributed by atoms with Gasteiger partial charge in [-0.25, -0.2) is 4.79 Å². The first kappa shape index (κ1) is 22.7. The zero-order chi connectivity index (χ0) is 20.5. The van der Waals surface area contributed by atoms with E-state index >= 15 is 0 Å². The Morgan fingerprint density at radius 2 is 1.89 bits per heavy atom. The number of carbonyl (C=O) groups is 1. The van der Waals surface area contributed by atoms with Gasteiger partial charge in [0.1, 0.15) is 5.60 Å². The minimum absolute atomic E-state index is 0.414. The molecule has 9 heteroatoms. The Balaban J connectivity index is 2.55. The summed E-state index contributed by atoms with van der Waals surface area (Å²) in [5, 5.41) is 13.3. The van der Waals surface area contributed by atoms with Crippen molar-refractivity contribution in [2.24, 2.45) is 4.99 Å². The van der Waals surface area contributed by atoms with Crippen LogP contribution in [0.15, 0.2) is 9.52 Å². The summed E-state index contributed by atoms with van der Waals surface area (Å²) < 4.78 is 10.5. The van der Waals surface area contributed by atoms with Crippen molar-refractivity contribution < 1.29 is 14.1 Å². The van der Waals surface area contributed by atoms with Gasteiger partial charge < -0.3 is 25.2 Å². The Hall–Kier alpha value is -2.32. The van der Waals surface area contributed by atoms with Gasteiger partial charge in [-0.05, 0) is 40.5 Å². The maximum Gasteiger partial charge on any atom is 0.408 e. The Labute approximate surface area is 161 Å². The highest BCUT2D eigenvalue weighted by atomic mass is 16.6. The van der Waals surface area contributed by atoms with Crippen LogP contribution in [-0.4, -0.2) is 53.5 Å². The zero-order valence-electron chi connectivity index (χ0n) is 17.6. The van der Waals surface area contributed by atoms with E-state index in [0.717, 1.165) is 12.8 Å². The van der Waals surface area contributed by atoms with Crippen molar-refractivity contribution in [1.82, 2.24) is 26.1 Å². The Kier molecular flexibility index (Phi) is 8.52. The van der Waals surface area contributed by atoms with Gasteiger partial charge in [0.15, 0.2) is 11.8 Å². The number of amides is 1. The van der Waals surface area contributed by atoms with Crippen LogP contribution in [0, 0.1) is 6.92 Å². The summed E-state index contributed by atoms with van der Waals surface area (Å²) in [6, 6.07) is 0. The molecule has 0 aliphatic carbocycles. The summed E-state index contributed by atoms with van der Waals surface area (Å²) in [5.41, 5.74) is -0.959. The number of nitrogens with one attached hydrogen (secondary N) is 3. The van der Waals surface area contributed by atoms with Gasteiger partial charge in [0.25, 0.3) is 0 Å². The second-order valence-corrected chi connectivity index (χ2v) is 7.45. The highest BCUT2D eigenvalue weighted by Gasteiger charge is 2.30. The third kappa shape index (κ3) is 8.27. The number of aryl methyl sites for hydroxylation is 1. The molecular formula is C18H34N6O3. The molecule has 1 heterocycles. The van der Waals surface area contributed by atoms with E-state index in [4.69, 9.17) is 9.26 Å². The minimum atomic E-state index is -0.532. The van der Waals surface area contributed by atoms with Gasteiger partial charge in [0.05, 0.1) is 5.54 Å². The maximum atomic E-state index is 12.2. The van der Waals surface area contributed by atoms with E-state index in [0.29, 0.717) is 37.2 Å². The highest BCUT2D eigenvalue weighted by Crippen LogP contribution is 2.16. The average molecular weight is 383 g/mol. The molecule has 0 spiro atoms. The van der Waals surface area contributed by atoms with Crippen LogP contribution in [0.4, 0.5) is 4.79 Å². The fraction of sp³-hybridized carbons (Fsp3) is 0.778. The van der Waals surface area contributed by atoms with E-state index in [1.807, 2.05) is 34.6 Å². The number of hydrogen-bond donors (Lipinski definition) is 3. The molecule has 9 nitrogen and oxygen atoms in total. The predicted molar refractivity (Wildman–Crippen MR) is 105 cm³/mol. The molecule has 154 valence electrons. The number of nitrogens with zero attached hydrogens (tertiary/aromatic N) is 3. The van der Waals surface area contributed by atoms with E-state index in [1.54, 1.807) is 14.0 Å². The number of carbonyl (C=O) groups excluding carboxylic acids is 1. The molecule has 0 saturated carbocycles. The van der Waals surface area contributed by atoms with Gasteiger partial charge in [-0.15, -0.1) is 0 Å². The topological polar surface area (TPSA) is 114 Å². The first-order valence-corrected chi connectivity index (χ1v) is 9.38. The largest absolute Gasteiger partial charge is 0.444 e. The van der Waals surface area contributed by atoms with Crippen molar-refractivity contribution in [3.63, 3.8) is 0 Å². The first-order valence-electron chi connectivity index (χ1n) is 9.38. The summed E-state index contributed by atoms with van der Waals surface area (Å²) in [4.78, 5) is 20.6. The number of ether oxygens (including phenoxy) is 1. The predicted octanol–water partition coefficient (Wildman–Crippen LogP) is 2.17. The SMILES string of the molecule is CCC(CC)(CNC(=NC)NCCc1nc(C)no1)NC(=O)OC(C)(C)C. The van der Waals surface area contributed by atoms with Gasteiger partial charge in [0, 0.05) is 26.6 Å². The van der Waals surface area contributed by atoms with Gasteiger partial charge in [-0.1, -0.05) is 19.0 Å². The Morgan fingerprint density at radius 1 is 1.22 bits per heavy atom. The second kappa shape index (κ2) is 10.1. The standard InChI is InChI=1S/C18H34N6O3/c1-8-18(9-2,23-16(25)26-17(4,5)6)12-21-15(19-7)20-11-10-14-22-13(3)24-27-14/h8-12H2,1-7H3,(H,23,25)(H2,19,20,21). The maximum absolute atomic E-state index is 12.2. The monoisotopic (exact) mass is 382 g/mol. The van der Waals surface area contributed by atoms with E-state index in [2.05, 4.69) is 31.1 Å². The summed E-state index contributed by atoms with van der Waals surface area (Å²) in [5.74, 6) is 1.85. The van der Waals surface area contributed by atoms with Gasteiger partial charge in [-0.3, -0.25) is 4.99 Å². The number of aromatic nitrogens is 2. The fourth-order valence-corrected chi connectivity index (χ4v) is 2.44. The van der Waals surface area contributed by atoms with Crippen LogP contribution in [0.3, 0.4) is 0 Å². The van der Waals surface area contributed by atoms with Crippen molar-refractivity contribution in [2.75, 3.05) is 20.1 Å². The fourth-order valence-electron chi connectivity index (χ4n) is 2.44. The molecule has 0 aliphatic heterocycles. The van der Waals surface area contributed by atoms with E-state index in [-0.39, 0.29) is 0 Å². The number of aliphatic imine (C=N–C) groups is 1. The molecule has 0 radical (unpaired) electrons. The Bertz CT molecular complexity index is 617. The molecule has 0 bridgehead atoms. The van der Waals surface area contributed by atoms with Crippen LogP contribution in [0.1, 0.15) is 59.2 Å². The summed E-state index contributed by atoms with van der Waals surface area (Å²) in [6.07, 6.45) is 1.70. The molecule has 0 fully saturated rings. The van der Waals surface area contributed by atoms with Crippen molar-refractivity contribution in [1.29, 1.82) is 0 Å². The van der Waals surface area contributed by atoms with Crippen molar-refractivity contribution in [3.8, 4) is 0 Å². The molecule has 1 aromatic heterocycles. The van der Waals surface area contributed by atoms with Crippen LogP contribution in [0.25, 0.3) is 0 Å². The molecule has 1 rings (SSSR count). The van der Waals surface area contributed by atoms with Crippen LogP contribution >= 0.6 is 0 Å². The lowest BCUT2D eigenvalue weighted by Crippen LogP contribution is -2.57. The molecule has 0 aromatic carbocycles. The van der Waals surface area contributed by atoms with Crippen molar-refractivity contribution >= 4 is 12.1 Å². The molecule has 0 saturated heterocycles. The van der Waals surface area contributed by atoms with Gasteiger partial charge in [0.2, 0.25) is 5.89 Å². The number of rotatable bonds is 8. The zero-order valence-corrected chi connectivity index (χ0v) is 17.6. The molecule has 3 N–H and O–H groups in total. The second-order valence-electron chi connectivity index (χ2n) is 7.45. The first-order chi connectivity index (χ1) is 12.6. The molecule has 0 atom stereocenters.